The lowest BCUT2D eigenvalue weighted by atomic mass is 9.63. The molecule has 1 spiro atoms. The maximum absolute atomic E-state index is 15.0. The van der Waals surface area contributed by atoms with Gasteiger partial charge in [0, 0.05) is 27.9 Å². The van der Waals surface area contributed by atoms with E-state index in [0.29, 0.717) is 22.7 Å². The standard InChI is InChI=1S/C35H36N2O5/c1-19-12-14-25-22(16-19)20(2)17-28-35(23-10-8-9-11-24(23)36-33(35)40)29(30(37(25)28)32(39)34(3,4)5)31(38)21-13-15-26(41-6)27(18-21)42-7/h8-18,28-30H,1-7H3,(H,36,40)/t28-,29+,30+,35-/m1/s1. The van der Waals surface area contributed by atoms with Crippen LogP contribution >= 0.6 is 0 Å². The van der Waals surface area contributed by atoms with Gasteiger partial charge in [0.25, 0.3) is 0 Å². The van der Waals surface area contributed by atoms with Crippen molar-refractivity contribution in [2.75, 3.05) is 24.4 Å². The van der Waals surface area contributed by atoms with Crippen molar-refractivity contribution in [3.63, 3.8) is 0 Å². The van der Waals surface area contributed by atoms with Gasteiger partial charge in [-0.15, -0.1) is 0 Å². The van der Waals surface area contributed by atoms with Crippen molar-refractivity contribution in [1.29, 1.82) is 0 Å². The molecule has 0 saturated carbocycles. The summed E-state index contributed by atoms with van der Waals surface area (Å²) in [6, 6.07) is 17.2. The molecule has 0 aliphatic carbocycles. The second-order valence-corrected chi connectivity index (χ2v) is 12.6. The van der Waals surface area contributed by atoms with E-state index in [1.54, 1.807) is 18.2 Å². The minimum atomic E-state index is -1.35. The van der Waals surface area contributed by atoms with E-state index in [1.165, 1.54) is 14.2 Å². The average molecular weight is 565 g/mol. The number of hydrogen-bond donors (Lipinski definition) is 1. The van der Waals surface area contributed by atoms with Gasteiger partial charge >= 0.3 is 0 Å². The third-order valence-electron chi connectivity index (χ3n) is 9.09. The van der Waals surface area contributed by atoms with Crippen LogP contribution in [0.15, 0.2) is 66.7 Å². The molecule has 4 atom stereocenters. The van der Waals surface area contributed by atoms with Crippen LogP contribution in [-0.4, -0.2) is 43.8 Å². The molecule has 3 aromatic rings. The number of fused-ring (bicyclic) bond motifs is 6. The Morgan fingerprint density at radius 2 is 1.64 bits per heavy atom. The third-order valence-corrected chi connectivity index (χ3v) is 9.09. The SMILES string of the molecule is COc1ccc(C(=O)[C@@H]2[C@@H](C(=O)C(C)(C)C)N3c4ccc(C)cc4C(C)=C[C@@H]3[C@@]23C(=O)Nc2ccccc23)cc1OC. The van der Waals surface area contributed by atoms with E-state index in [2.05, 4.69) is 22.4 Å². The van der Waals surface area contributed by atoms with E-state index in [1.807, 2.05) is 71.0 Å². The number of nitrogens with one attached hydrogen (secondary N) is 1. The Labute approximate surface area is 246 Å². The summed E-state index contributed by atoms with van der Waals surface area (Å²) in [6.07, 6.45) is 2.08. The number of benzene rings is 3. The third kappa shape index (κ3) is 3.75. The summed E-state index contributed by atoms with van der Waals surface area (Å²) in [4.78, 5) is 46.2. The normalized spacial score (nSPS) is 24.0. The molecule has 6 rings (SSSR count). The highest BCUT2D eigenvalue weighted by atomic mass is 16.5. The van der Waals surface area contributed by atoms with Crippen molar-refractivity contribution in [2.24, 2.45) is 11.3 Å². The van der Waals surface area contributed by atoms with Crippen molar-refractivity contribution < 1.29 is 23.9 Å². The van der Waals surface area contributed by atoms with Gasteiger partial charge in [0.2, 0.25) is 5.91 Å². The van der Waals surface area contributed by atoms with Crippen LogP contribution in [0.4, 0.5) is 11.4 Å². The van der Waals surface area contributed by atoms with E-state index in [-0.39, 0.29) is 17.5 Å². The molecule has 0 unspecified atom stereocenters. The van der Waals surface area contributed by atoms with Crippen LogP contribution in [0.1, 0.15) is 54.7 Å². The number of amides is 1. The Morgan fingerprint density at radius 1 is 0.929 bits per heavy atom. The molecule has 3 aromatic carbocycles. The molecule has 1 amide bonds. The Kier molecular flexibility index (Phi) is 6.33. The molecule has 0 aromatic heterocycles. The Morgan fingerprint density at radius 3 is 2.33 bits per heavy atom. The second kappa shape index (κ2) is 9.58. The first-order valence-electron chi connectivity index (χ1n) is 14.2. The number of rotatable bonds is 5. The van der Waals surface area contributed by atoms with Gasteiger partial charge in [0.05, 0.1) is 26.2 Å². The van der Waals surface area contributed by atoms with E-state index < -0.39 is 28.8 Å². The average Bonchev–Trinajstić information content (AvgIpc) is 3.43. The second-order valence-electron chi connectivity index (χ2n) is 12.6. The fourth-order valence-electron chi connectivity index (χ4n) is 7.16. The van der Waals surface area contributed by atoms with E-state index in [4.69, 9.17) is 9.47 Å². The molecular formula is C35H36N2O5. The predicted octanol–water partition coefficient (Wildman–Crippen LogP) is 5.99. The van der Waals surface area contributed by atoms with Crippen molar-refractivity contribution >= 4 is 34.4 Å². The van der Waals surface area contributed by atoms with Gasteiger partial charge in [-0.05, 0) is 61.4 Å². The van der Waals surface area contributed by atoms with Crippen molar-refractivity contribution in [3.8, 4) is 11.5 Å². The fraction of sp³-hybridized carbons (Fsp3) is 0.343. The molecule has 42 heavy (non-hydrogen) atoms. The zero-order chi connectivity index (χ0) is 30.1. The number of ether oxygens (including phenoxy) is 2. The highest BCUT2D eigenvalue weighted by Crippen LogP contribution is 2.59. The molecule has 1 saturated heterocycles. The van der Waals surface area contributed by atoms with Crippen LogP contribution in [0.5, 0.6) is 11.5 Å². The van der Waals surface area contributed by atoms with Crippen LogP contribution in [-0.2, 0) is 15.0 Å². The van der Waals surface area contributed by atoms with Gasteiger partial charge in [0.15, 0.2) is 23.1 Å². The van der Waals surface area contributed by atoms with E-state index in [9.17, 15) is 14.4 Å². The number of methoxy groups -OCH3 is 2. The smallest absolute Gasteiger partial charge is 0.238 e. The summed E-state index contributed by atoms with van der Waals surface area (Å²) in [7, 11) is 3.05. The van der Waals surface area contributed by atoms with Crippen molar-refractivity contribution in [1.82, 2.24) is 0 Å². The first-order valence-corrected chi connectivity index (χ1v) is 14.2. The monoisotopic (exact) mass is 564 g/mol. The quantitative estimate of drug-likeness (QED) is 0.383. The highest BCUT2D eigenvalue weighted by molar-refractivity contribution is 6.17. The molecule has 1 N–H and O–H groups in total. The minimum absolute atomic E-state index is 0.0974. The number of aryl methyl sites for hydroxylation is 1. The summed E-state index contributed by atoms with van der Waals surface area (Å²) in [5.41, 5.74) is 3.56. The van der Waals surface area contributed by atoms with Gasteiger partial charge < -0.3 is 19.7 Å². The van der Waals surface area contributed by atoms with Crippen molar-refractivity contribution in [2.45, 2.75) is 52.1 Å². The lowest BCUT2D eigenvalue weighted by Crippen LogP contribution is -2.51. The number of Topliss-reactive ketones (excluding diaryl/α,β-unsaturated/α-hetero) is 2. The maximum Gasteiger partial charge on any atom is 0.238 e. The molecule has 3 aliphatic rings. The van der Waals surface area contributed by atoms with Gasteiger partial charge in [-0.1, -0.05) is 56.7 Å². The highest BCUT2D eigenvalue weighted by Gasteiger charge is 2.71. The summed E-state index contributed by atoms with van der Waals surface area (Å²) in [6.45, 7) is 9.68. The lowest BCUT2D eigenvalue weighted by Gasteiger charge is -2.40. The number of para-hydroxylation sites is 1. The molecule has 3 aliphatic heterocycles. The zero-order valence-corrected chi connectivity index (χ0v) is 25.1. The number of hydrogen-bond acceptors (Lipinski definition) is 6. The Hall–Kier alpha value is -4.39. The molecule has 7 heteroatoms. The van der Waals surface area contributed by atoms with E-state index >= 15 is 0 Å². The summed E-state index contributed by atoms with van der Waals surface area (Å²) >= 11 is 0. The number of nitrogens with zero attached hydrogens (tertiary/aromatic N) is 1. The Bertz CT molecular complexity index is 1680. The van der Waals surface area contributed by atoms with E-state index in [0.717, 1.165) is 28.0 Å². The summed E-state index contributed by atoms with van der Waals surface area (Å²) < 4.78 is 11.0. The van der Waals surface area contributed by atoms with Gasteiger partial charge in [-0.3, -0.25) is 14.4 Å². The van der Waals surface area contributed by atoms with Crippen molar-refractivity contribution in [3.05, 3.63) is 89.0 Å². The summed E-state index contributed by atoms with van der Waals surface area (Å²) in [5, 5.41) is 3.08. The van der Waals surface area contributed by atoms with Gasteiger partial charge in [0.1, 0.15) is 11.5 Å². The summed E-state index contributed by atoms with van der Waals surface area (Å²) in [5.74, 6) is -0.797. The molecular weight excluding hydrogens is 528 g/mol. The van der Waals surface area contributed by atoms with Crippen LogP contribution < -0.4 is 19.7 Å². The lowest BCUT2D eigenvalue weighted by molar-refractivity contribution is -0.128. The predicted molar refractivity (Wildman–Crippen MR) is 163 cm³/mol. The zero-order valence-electron chi connectivity index (χ0n) is 25.1. The maximum atomic E-state index is 15.0. The van der Waals surface area contributed by atoms with Crippen LogP contribution in [0.2, 0.25) is 0 Å². The largest absolute Gasteiger partial charge is 0.493 e. The number of carbonyl (C=O) groups is 3. The van der Waals surface area contributed by atoms with Crippen LogP contribution in [0.25, 0.3) is 5.57 Å². The number of allylic oxidation sites excluding steroid dienone is 1. The van der Waals surface area contributed by atoms with Gasteiger partial charge in [-0.25, -0.2) is 0 Å². The number of ketones is 2. The number of carbonyl (C=O) groups excluding carboxylic acids is 3. The van der Waals surface area contributed by atoms with Gasteiger partial charge in [-0.2, -0.15) is 0 Å². The molecule has 0 radical (unpaired) electrons. The molecule has 1 fully saturated rings. The molecule has 216 valence electrons. The van der Waals surface area contributed by atoms with Crippen LogP contribution in [0.3, 0.4) is 0 Å². The molecule has 3 heterocycles. The first kappa shape index (κ1) is 27.8. The Balaban J connectivity index is 1.69. The number of anilines is 2. The fourth-order valence-corrected chi connectivity index (χ4v) is 7.16. The molecule has 7 nitrogen and oxygen atoms in total. The minimum Gasteiger partial charge on any atom is -0.493 e. The first-order chi connectivity index (χ1) is 19.9. The van der Waals surface area contributed by atoms with Crippen LogP contribution in [0, 0.1) is 18.3 Å². The topological polar surface area (TPSA) is 84.9 Å². The molecule has 0 bridgehead atoms.